The van der Waals surface area contributed by atoms with E-state index in [0.29, 0.717) is 12.2 Å². The highest BCUT2D eigenvalue weighted by atomic mass is 16.2. The molecule has 2 rings (SSSR count). The summed E-state index contributed by atoms with van der Waals surface area (Å²) in [6.45, 7) is 4.83. The van der Waals surface area contributed by atoms with Crippen LogP contribution in [-0.2, 0) is 13.1 Å². The van der Waals surface area contributed by atoms with Crippen molar-refractivity contribution < 1.29 is 0 Å². The second-order valence-corrected chi connectivity index (χ2v) is 3.97. The van der Waals surface area contributed by atoms with Gasteiger partial charge in [-0.3, -0.25) is 19.0 Å². The van der Waals surface area contributed by atoms with Crippen LogP contribution < -0.4 is 22.3 Å². The average Bonchev–Trinajstić information content (AvgIpc) is 2.82. The number of aromatic amines is 1. The van der Waals surface area contributed by atoms with Crippen LogP contribution in [0.25, 0.3) is 0 Å². The zero-order valence-corrected chi connectivity index (χ0v) is 10.8. The molecule has 0 aliphatic heterocycles. The van der Waals surface area contributed by atoms with Gasteiger partial charge in [0.15, 0.2) is 0 Å². The fraction of sp³-hybridized carbons (Fsp3) is 0.364. The number of nitrogens with one attached hydrogen (secondary N) is 2. The molecule has 102 valence electrons. The van der Waals surface area contributed by atoms with Crippen LogP contribution in [0.4, 0.5) is 17.2 Å². The van der Waals surface area contributed by atoms with E-state index in [0.717, 1.165) is 6.54 Å². The summed E-state index contributed by atoms with van der Waals surface area (Å²) in [5.41, 5.74) is 5.57. The molecule has 0 amide bonds. The molecule has 0 radical (unpaired) electrons. The standard InChI is InChI=1S/C11H16N6O2/c1-3-16-6-7(5-13-16)14-8-9(12)17(4-2)11(19)15-10(8)18/h5-6,14H,3-4,12H2,1-2H3,(H,15,18,19). The van der Waals surface area contributed by atoms with Gasteiger partial charge in [-0.1, -0.05) is 0 Å². The van der Waals surface area contributed by atoms with Crippen molar-refractivity contribution in [2.75, 3.05) is 11.1 Å². The fourth-order valence-electron chi connectivity index (χ4n) is 1.77. The van der Waals surface area contributed by atoms with Gasteiger partial charge in [0.25, 0.3) is 5.56 Å². The van der Waals surface area contributed by atoms with Crippen molar-refractivity contribution in [1.82, 2.24) is 19.3 Å². The molecule has 2 aromatic heterocycles. The second-order valence-electron chi connectivity index (χ2n) is 3.97. The predicted molar refractivity (Wildman–Crippen MR) is 72.6 cm³/mol. The van der Waals surface area contributed by atoms with Gasteiger partial charge in [-0.15, -0.1) is 0 Å². The maximum atomic E-state index is 11.8. The molecular weight excluding hydrogens is 248 g/mol. The first-order chi connectivity index (χ1) is 9.06. The number of hydrogen-bond acceptors (Lipinski definition) is 5. The molecule has 0 saturated carbocycles. The number of hydrogen-bond donors (Lipinski definition) is 3. The molecule has 0 atom stereocenters. The molecule has 0 aliphatic rings. The van der Waals surface area contributed by atoms with E-state index in [2.05, 4.69) is 15.4 Å². The number of aryl methyl sites for hydroxylation is 1. The van der Waals surface area contributed by atoms with Crippen molar-refractivity contribution in [3.63, 3.8) is 0 Å². The van der Waals surface area contributed by atoms with E-state index < -0.39 is 11.2 Å². The Morgan fingerprint density at radius 1 is 1.37 bits per heavy atom. The van der Waals surface area contributed by atoms with E-state index in [1.54, 1.807) is 24.0 Å². The second kappa shape index (κ2) is 5.01. The summed E-state index contributed by atoms with van der Waals surface area (Å²) >= 11 is 0. The van der Waals surface area contributed by atoms with Gasteiger partial charge in [-0.05, 0) is 13.8 Å². The molecule has 0 bridgehead atoms. The molecule has 2 heterocycles. The Hall–Kier alpha value is -2.51. The Bertz CT molecular complexity index is 696. The van der Waals surface area contributed by atoms with Gasteiger partial charge in [0, 0.05) is 19.3 Å². The number of aromatic nitrogens is 4. The third-order valence-electron chi connectivity index (χ3n) is 2.78. The summed E-state index contributed by atoms with van der Waals surface area (Å²) in [6, 6.07) is 0. The molecule has 0 aromatic carbocycles. The molecule has 2 aromatic rings. The van der Waals surface area contributed by atoms with Crippen molar-refractivity contribution in [2.24, 2.45) is 0 Å². The number of nitrogens with two attached hydrogens (primary N) is 1. The van der Waals surface area contributed by atoms with E-state index in [-0.39, 0.29) is 11.5 Å². The quantitative estimate of drug-likeness (QED) is 0.725. The summed E-state index contributed by atoms with van der Waals surface area (Å²) < 4.78 is 3.00. The topological polar surface area (TPSA) is 111 Å². The van der Waals surface area contributed by atoms with Gasteiger partial charge in [0.1, 0.15) is 11.5 Å². The summed E-state index contributed by atoms with van der Waals surface area (Å²) in [5.74, 6) is 0.112. The van der Waals surface area contributed by atoms with Gasteiger partial charge in [-0.2, -0.15) is 5.10 Å². The van der Waals surface area contributed by atoms with E-state index in [4.69, 9.17) is 5.73 Å². The zero-order valence-electron chi connectivity index (χ0n) is 10.8. The lowest BCUT2D eigenvalue weighted by Gasteiger charge is -2.11. The van der Waals surface area contributed by atoms with E-state index >= 15 is 0 Å². The van der Waals surface area contributed by atoms with Crippen molar-refractivity contribution in [3.8, 4) is 0 Å². The van der Waals surface area contributed by atoms with Gasteiger partial charge < -0.3 is 11.1 Å². The van der Waals surface area contributed by atoms with Gasteiger partial charge in [0.2, 0.25) is 0 Å². The zero-order chi connectivity index (χ0) is 14.0. The highest BCUT2D eigenvalue weighted by Crippen LogP contribution is 2.16. The Labute approximate surface area is 108 Å². The van der Waals surface area contributed by atoms with E-state index in [1.807, 2.05) is 6.92 Å². The highest BCUT2D eigenvalue weighted by molar-refractivity contribution is 5.68. The first-order valence-electron chi connectivity index (χ1n) is 5.98. The van der Waals surface area contributed by atoms with Crippen LogP contribution in [0.1, 0.15) is 13.8 Å². The van der Waals surface area contributed by atoms with Crippen molar-refractivity contribution >= 4 is 17.2 Å². The van der Waals surface area contributed by atoms with Crippen LogP contribution in [0.5, 0.6) is 0 Å². The summed E-state index contributed by atoms with van der Waals surface area (Å²) in [7, 11) is 0. The third kappa shape index (κ3) is 2.37. The van der Waals surface area contributed by atoms with Crippen LogP contribution in [-0.4, -0.2) is 19.3 Å². The fourth-order valence-corrected chi connectivity index (χ4v) is 1.77. The smallest absolute Gasteiger partial charge is 0.330 e. The summed E-state index contributed by atoms with van der Waals surface area (Å²) in [5, 5.41) is 6.97. The lowest BCUT2D eigenvalue weighted by atomic mass is 10.4. The summed E-state index contributed by atoms with van der Waals surface area (Å²) in [6.07, 6.45) is 3.34. The lowest BCUT2D eigenvalue weighted by Crippen LogP contribution is -2.33. The maximum absolute atomic E-state index is 11.8. The highest BCUT2D eigenvalue weighted by Gasteiger charge is 2.12. The average molecular weight is 264 g/mol. The normalized spacial score (nSPS) is 10.6. The van der Waals surface area contributed by atoms with Crippen LogP contribution >= 0.6 is 0 Å². The van der Waals surface area contributed by atoms with Crippen LogP contribution in [0.2, 0.25) is 0 Å². The molecule has 0 spiro atoms. The van der Waals surface area contributed by atoms with Crippen LogP contribution in [0.3, 0.4) is 0 Å². The van der Waals surface area contributed by atoms with Crippen LogP contribution in [0, 0.1) is 0 Å². The Kier molecular flexibility index (Phi) is 3.41. The molecule has 4 N–H and O–H groups in total. The predicted octanol–water partition coefficient (Wildman–Crippen LogP) is 0.0987. The van der Waals surface area contributed by atoms with E-state index in [1.165, 1.54) is 4.57 Å². The lowest BCUT2D eigenvalue weighted by molar-refractivity contribution is 0.660. The molecule has 19 heavy (non-hydrogen) atoms. The van der Waals surface area contributed by atoms with Gasteiger partial charge in [0.05, 0.1) is 11.9 Å². The largest absolute Gasteiger partial charge is 0.383 e. The number of nitrogens with zero attached hydrogens (tertiary/aromatic N) is 3. The first-order valence-corrected chi connectivity index (χ1v) is 5.98. The Morgan fingerprint density at radius 3 is 2.68 bits per heavy atom. The molecule has 0 saturated heterocycles. The minimum Gasteiger partial charge on any atom is -0.383 e. The number of anilines is 3. The summed E-state index contributed by atoms with van der Waals surface area (Å²) in [4.78, 5) is 25.5. The van der Waals surface area contributed by atoms with Crippen molar-refractivity contribution in [1.29, 1.82) is 0 Å². The molecule has 0 fully saturated rings. The number of H-pyrrole nitrogens is 1. The minimum atomic E-state index is -0.545. The number of rotatable bonds is 4. The van der Waals surface area contributed by atoms with Crippen molar-refractivity contribution in [2.45, 2.75) is 26.9 Å². The first kappa shape index (κ1) is 12.9. The van der Waals surface area contributed by atoms with E-state index in [9.17, 15) is 9.59 Å². The molecular formula is C11H16N6O2. The SMILES string of the molecule is CCn1cc(Nc2c(N)n(CC)c(=O)[nH]c2=O)cn1. The third-order valence-corrected chi connectivity index (χ3v) is 2.78. The maximum Gasteiger partial charge on any atom is 0.330 e. The van der Waals surface area contributed by atoms with Crippen molar-refractivity contribution in [3.05, 3.63) is 33.2 Å². The monoisotopic (exact) mass is 264 g/mol. The molecule has 8 nitrogen and oxygen atoms in total. The molecule has 8 heteroatoms. The van der Waals surface area contributed by atoms with Gasteiger partial charge in [-0.25, -0.2) is 4.79 Å². The Morgan fingerprint density at radius 2 is 2.11 bits per heavy atom. The number of nitrogen functional groups attached to an aromatic ring is 1. The van der Waals surface area contributed by atoms with Crippen LogP contribution in [0.15, 0.2) is 22.0 Å². The van der Waals surface area contributed by atoms with Gasteiger partial charge >= 0.3 is 5.69 Å². The molecule has 0 unspecified atom stereocenters. The minimum absolute atomic E-state index is 0.112. The Balaban J connectivity index is 2.45. The molecule has 0 aliphatic carbocycles.